The summed E-state index contributed by atoms with van der Waals surface area (Å²) in [5, 5.41) is 18.6. The van der Waals surface area contributed by atoms with Crippen molar-refractivity contribution in [2.24, 2.45) is 11.8 Å². The Morgan fingerprint density at radius 3 is 2.65 bits per heavy atom. The summed E-state index contributed by atoms with van der Waals surface area (Å²) >= 11 is 0. The van der Waals surface area contributed by atoms with Gasteiger partial charge in [-0.15, -0.1) is 0 Å². The van der Waals surface area contributed by atoms with Gasteiger partial charge in [-0.2, -0.15) is 0 Å². The van der Waals surface area contributed by atoms with Crippen molar-refractivity contribution in [2.75, 3.05) is 0 Å². The molecule has 3 atom stereocenters. The zero-order chi connectivity index (χ0) is 16.9. The molecular weight excluding hydrogens is 288 g/mol. The SMILES string of the molecule is CCCCCC(O)C=C[C@H]1CCC[C@@H]1CCCCCCC(=O)O. The van der Waals surface area contributed by atoms with Gasteiger partial charge in [0, 0.05) is 6.42 Å². The molecular formula is C20H36O3. The third-order valence-corrected chi connectivity index (χ3v) is 5.12. The van der Waals surface area contributed by atoms with E-state index in [9.17, 15) is 9.90 Å². The lowest BCUT2D eigenvalue weighted by molar-refractivity contribution is -0.137. The van der Waals surface area contributed by atoms with Gasteiger partial charge in [0.05, 0.1) is 6.10 Å². The first-order valence-corrected chi connectivity index (χ1v) is 9.71. The van der Waals surface area contributed by atoms with Crippen LogP contribution in [0.15, 0.2) is 12.2 Å². The lowest BCUT2D eigenvalue weighted by atomic mass is 9.89. The van der Waals surface area contributed by atoms with E-state index >= 15 is 0 Å². The number of carboxylic acid groups (broad SMARTS) is 1. The molecule has 0 spiro atoms. The van der Waals surface area contributed by atoms with Crippen LogP contribution in [0.2, 0.25) is 0 Å². The number of rotatable bonds is 13. The van der Waals surface area contributed by atoms with Gasteiger partial charge in [-0.3, -0.25) is 4.79 Å². The molecule has 3 nitrogen and oxygen atoms in total. The van der Waals surface area contributed by atoms with Crippen molar-refractivity contribution in [3.05, 3.63) is 12.2 Å². The van der Waals surface area contributed by atoms with Crippen molar-refractivity contribution in [3.8, 4) is 0 Å². The molecule has 0 amide bonds. The molecule has 0 bridgehead atoms. The fourth-order valence-corrected chi connectivity index (χ4v) is 3.68. The lowest BCUT2D eigenvalue weighted by Gasteiger charge is -2.16. The standard InChI is InChI=1S/C20H36O3/c1-2-3-6-13-19(21)16-15-18-12-9-11-17(18)10-7-4-5-8-14-20(22)23/h15-19,21H,2-14H2,1H3,(H,22,23)/t17-,18+,19?/m0/s1. The van der Waals surface area contributed by atoms with Crippen molar-refractivity contribution in [3.63, 3.8) is 0 Å². The molecule has 1 fully saturated rings. The van der Waals surface area contributed by atoms with Crippen LogP contribution in [0, 0.1) is 11.8 Å². The molecule has 0 heterocycles. The van der Waals surface area contributed by atoms with Crippen LogP contribution in [0.4, 0.5) is 0 Å². The summed E-state index contributed by atoms with van der Waals surface area (Å²) in [6, 6.07) is 0. The maximum atomic E-state index is 10.5. The van der Waals surface area contributed by atoms with Gasteiger partial charge in [0.2, 0.25) is 0 Å². The van der Waals surface area contributed by atoms with Gasteiger partial charge in [-0.1, -0.05) is 64.0 Å². The second-order valence-electron chi connectivity index (χ2n) is 7.15. The Bertz CT molecular complexity index is 338. The Morgan fingerprint density at radius 2 is 1.91 bits per heavy atom. The summed E-state index contributed by atoms with van der Waals surface area (Å²) in [6.45, 7) is 2.19. The highest BCUT2D eigenvalue weighted by Crippen LogP contribution is 2.36. The molecule has 23 heavy (non-hydrogen) atoms. The minimum atomic E-state index is -0.677. The topological polar surface area (TPSA) is 57.5 Å². The minimum Gasteiger partial charge on any atom is -0.481 e. The van der Waals surface area contributed by atoms with E-state index in [0.29, 0.717) is 12.3 Å². The summed E-state index contributed by atoms with van der Waals surface area (Å²) in [4.78, 5) is 10.5. The molecule has 3 heteroatoms. The number of aliphatic carboxylic acids is 1. The average molecular weight is 325 g/mol. The largest absolute Gasteiger partial charge is 0.481 e. The first-order chi connectivity index (χ1) is 11.1. The van der Waals surface area contributed by atoms with Crippen LogP contribution < -0.4 is 0 Å². The van der Waals surface area contributed by atoms with Crippen LogP contribution in [0.5, 0.6) is 0 Å². The van der Waals surface area contributed by atoms with E-state index in [2.05, 4.69) is 13.0 Å². The van der Waals surface area contributed by atoms with E-state index in [1.54, 1.807) is 0 Å². The van der Waals surface area contributed by atoms with Crippen molar-refractivity contribution in [1.82, 2.24) is 0 Å². The van der Waals surface area contributed by atoms with Gasteiger partial charge >= 0.3 is 5.97 Å². The number of hydrogen-bond donors (Lipinski definition) is 2. The number of hydrogen-bond acceptors (Lipinski definition) is 2. The van der Waals surface area contributed by atoms with Crippen molar-refractivity contribution in [2.45, 2.75) is 96.5 Å². The molecule has 0 aromatic heterocycles. The molecule has 134 valence electrons. The van der Waals surface area contributed by atoms with Gasteiger partial charge in [0.25, 0.3) is 0 Å². The van der Waals surface area contributed by atoms with E-state index < -0.39 is 5.97 Å². The molecule has 0 aliphatic heterocycles. The monoisotopic (exact) mass is 324 g/mol. The second kappa shape index (κ2) is 12.6. The molecule has 0 saturated heterocycles. The summed E-state index contributed by atoms with van der Waals surface area (Å²) < 4.78 is 0. The average Bonchev–Trinajstić information content (AvgIpc) is 2.96. The predicted molar refractivity (Wildman–Crippen MR) is 95.5 cm³/mol. The number of carboxylic acids is 1. The number of aliphatic hydroxyl groups excluding tert-OH is 1. The van der Waals surface area contributed by atoms with E-state index in [-0.39, 0.29) is 6.10 Å². The molecule has 1 saturated carbocycles. The van der Waals surface area contributed by atoms with Gasteiger partial charge in [0.1, 0.15) is 0 Å². The third kappa shape index (κ3) is 9.80. The second-order valence-corrected chi connectivity index (χ2v) is 7.15. The molecule has 0 radical (unpaired) electrons. The fraction of sp³-hybridized carbons (Fsp3) is 0.850. The highest BCUT2D eigenvalue weighted by atomic mass is 16.4. The first-order valence-electron chi connectivity index (χ1n) is 9.71. The Kier molecular flexibility index (Phi) is 11.1. The molecule has 1 aliphatic carbocycles. The van der Waals surface area contributed by atoms with Crippen molar-refractivity contribution >= 4 is 5.97 Å². The van der Waals surface area contributed by atoms with Crippen molar-refractivity contribution in [1.29, 1.82) is 0 Å². The summed E-state index contributed by atoms with van der Waals surface area (Å²) in [7, 11) is 0. The Labute approximate surface area is 142 Å². The number of aliphatic hydroxyl groups is 1. The highest BCUT2D eigenvalue weighted by molar-refractivity contribution is 5.66. The molecule has 1 unspecified atom stereocenters. The highest BCUT2D eigenvalue weighted by Gasteiger charge is 2.24. The number of unbranched alkanes of at least 4 members (excludes halogenated alkanes) is 5. The Morgan fingerprint density at radius 1 is 1.13 bits per heavy atom. The summed E-state index contributed by atoms with van der Waals surface area (Å²) in [5.74, 6) is 0.742. The summed E-state index contributed by atoms with van der Waals surface area (Å²) in [5.41, 5.74) is 0. The Hall–Kier alpha value is -0.830. The van der Waals surface area contributed by atoms with Gasteiger partial charge in [-0.25, -0.2) is 0 Å². The number of allylic oxidation sites excluding steroid dienone is 1. The summed E-state index contributed by atoms with van der Waals surface area (Å²) in [6.07, 6.45) is 18.1. The van der Waals surface area contributed by atoms with Crippen LogP contribution in [-0.4, -0.2) is 22.3 Å². The minimum absolute atomic E-state index is 0.265. The molecule has 1 rings (SSSR count). The maximum Gasteiger partial charge on any atom is 0.303 e. The quantitative estimate of drug-likeness (QED) is 0.356. The van der Waals surface area contributed by atoms with Crippen LogP contribution >= 0.6 is 0 Å². The number of carbonyl (C=O) groups is 1. The van der Waals surface area contributed by atoms with Crippen LogP contribution in [0.25, 0.3) is 0 Å². The molecule has 2 N–H and O–H groups in total. The normalized spacial score (nSPS) is 22.7. The lowest BCUT2D eigenvalue weighted by Crippen LogP contribution is -2.08. The first kappa shape index (κ1) is 20.2. The van der Waals surface area contributed by atoms with Gasteiger partial charge < -0.3 is 10.2 Å². The zero-order valence-electron chi connectivity index (χ0n) is 14.9. The van der Waals surface area contributed by atoms with E-state index in [0.717, 1.165) is 38.0 Å². The van der Waals surface area contributed by atoms with Crippen molar-refractivity contribution < 1.29 is 15.0 Å². The zero-order valence-corrected chi connectivity index (χ0v) is 14.9. The third-order valence-electron chi connectivity index (χ3n) is 5.12. The van der Waals surface area contributed by atoms with Crippen LogP contribution in [0.1, 0.15) is 90.4 Å². The van der Waals surface area contributed by atoms with Crippen LogP contribution in [-0.2, 0) is 4.79 Å². The predicted octanol–water partition coefficient (Wildman–Crippen LogP) is 5.33. The Balaban J connectivity index is 2.16. The smallest absolute Gasteiger partial charge is 0.303 e. The molecule has 1 aliphatic rings. The molecule has 0 aromatic rings. The van der Waals surface area contributed by atoms with E-state index in [1.165, 1.54) is 44.9 Å². The van der Waals surface area contributed by atoms with Gasteiger partial charge in [-0.05, 0) is 43.9 Å². The van der Waals surface area contributed by atoms with Crippen LogP contribution in [0.3, 0.4) is 0 Å². The van der Waals surface area contributed by atoms with E-state index in [1.807, 2.05) is 6.08 Å². The van der Waals surface area contributed by atoms with E-state index in [4.69, 9.17) is 5.11 Å². The maximum absolute atomic E-state index is 10.5. The van der Waals surface area contributed by atoms with Gasteiger partial charge in [0.15, 0.2) is 0 Å². The fourth-order valence-electron chi connectivity index (χ4n) is 3.68. The molecule has 0 aromatic carbocycles.